The van der Waals surface area contributed by atoms with Gasteiger partial charge in [0.05, 0.1) is 11.6 Å². The largest absolute Gasteiger partial charge is 0.527 e. The Balaban J connectivity index is 2.18. The molecule has 2 N–H and O–H groups in total. The molecule has 6 nitrogen and oxygen atoms in total. The van der Waals surface area contributed by atoms with Crippen molar-refractivity contribution in [2.75, 3.05) is 13.2 Å². The van der Waals surface area contributed by atoms with Crippen LogP contribution in [-0.4, -0.2) is 24.0 Å². The summed E-state index contributed by atoms with van der Waals surface area (Å²) in [6, 6.07) is 6.31. The lowest BCUT2D eigenvalue weighted by molar-refractivity contribution is -0.121. The van der Waals surface area contributed by atoms with Gasteiger partial charge in [-0.05, 0) is 18.6 Å². The number of carbonyl (C=O) groups is 1. The highest BCUT2D eigenvalue weighted by atomic mass is 35.5. The summed E-state index contributed by atoms with van der Waals surface area (Å²) in [4.78, 5) is 21.2. The van der Waals surface area contributed by atoms with Crippen molar-refractivity contribution >= 4 is 25.3 Å². The zero-order chi connectivity index (χ0) is 17.8. The van der Waals surface area contributed by atoms with E-state index in [0.29, 0.717) is 6.42 Å². The van der Waals surface area contributed by atoms with Gasteiger partial charge in [-0.3, -0.25) is 14.2 Å². The quantitative estimate of drug-likeness (QED) is 0.418. The van der Waals surface area contributed by atoms with Crippen LogP contribution in [0.3, 0.4) is 0 Å². The number of rotatable bonds is 12. The molecular formula is C16H25ClNO5P. The number of unbranched alkanes of at least 4 members (excludes halogenated alkanes) is 4. The molecule has 0 aromatic heterocycles. The minimum atomic E-state index is -4.27. The van der Waals surface area contributed by atoms with E-state index < -0.39 is 7.82 Å². The summed E-state index contributed by atoms with van der Waals surface area (Å²) in [7, 11) is -4.27. The summed E-state index contributed by atoms with van der Waals surface area (Å²) in [6.45, 7) is 2.16. The molecule has 0 aliphatic carbocycles. The Kier molecular flexibility index (Phi) is 10.0. The number of benzene rings is 1. The van der Waals surface area contributed by atoms with Gasteiger partial charge in [-0.1, -0.05) is 56.3 Å². The summed E-state index contributed by atoms with van der Waals surface area (Å²) < 4.78 is 21.5. The number of phosphoric ester groups is 1. The van der Waals surface area contributed by atoms with Crippen LogP contribution in [-0.2, 0) is 13.9 Å². The van der Waals surface area contributed by atoms with Crippen LogP contribution in [0.2, 0.25) is 5.02 Å². The highest BCUT2D eigenvalue weighted by Gasteiger charge is 2.23. The van der Waals surface area contributed by atoms with Gasteiger partial charge in [0, 0.05) is 13.0 Å². The molecular weight excluding hydrogens is 353 g/mol. The minimum Gasteiger partial charge on any atom is -0.403 e. The van der Waals surface area contributed by atoms with E-state index >= 15 is 0 Å². The summed E-state index contributed by atoms with van der Waals surface area (Å²) in [6.07, 6.45) is 5.83. The second kappa shape index (κ2) is 11.5. The number of nitrogens with one attached hydrogen (secondary N) is 1. The molecule has 1 rings (SSSR count). The molecule has 0 fully saturated rings. The fourth-order valence-electron chi connectivity index (χ4n) is 2.00. The zero-order valence-corrected chi connectivity index (χ0v) is 15.5. The van der Waals surface area contributed by atoms with Crippen LogP contribution >= 0.6 is 19.4 Å². The molecule has 1 atom stereocenters. The fourth-order valence-corrected chi connectivity index (χ4v) is 3.01. The van der Waals surface area contributed by atoms with Crippen molar-refractivity contribution in [1.29, 1.82) is 0 Å². The van der Waals surface area contributed by atoms with Crippen molar-refractivity contribution in [2.24, 2.45) is 0 Å². The zero-order valence-electron chi connectivity index (χ0n) is 13.9. The summed E-state index contributed by atoms with van der Waals surface area (Å²) in [5.74, 6) is -0.0176. The first-order valence-electron chi connectivity index (χ1n) is 8.13. The van der Waals surface area contributed by atoms with Crippen LogP contribution in [0.4, 0.5) is 0 Å². The Bertz CT molecular complexity index is 555. The van der Waals surface area contributed by atoms with Crippen molar-refractivity contribution in [3.05, 3.63) is 29.3 Å². The van der Waals surface area contributed by atoms with Crippen molar-refractivity contribution in [3.8, 4) is 5.75 Å². The van der Waals surface area contributed by atoms with Gasteiger partial charge in [0.1, 0.15) is 5.75 Å². The summed E-state index contributed by atoms with van der Waals surface area (Å²) in [5, 5.41) is 2.86. The molecule has 1 amide bonds. The maximum atomic E-state index is 11.8. The van der Waals surface area contributed by atoms with E-state index in [2.05, 4.69) is 12.2 Å². The highest BCUT2D eigenvalue weighted by molar-refractivity contribution is 7.47. The van der Waals surface area contributed by atoms with Gasteiger partial charge in [0.15, 0.2) is 0 Å². The van der Waals surface area contributed by atoms with E-state index in [4.69, 9.17) is 20.6 Å². The lowest BCUT2D eigenvalue weighted by atomic mass is 10.1. The van der Waals surface area contributed by atoms with Crippen molar-refractivity contribution < 1.29 is 23.3 Å². The predicted octanol–water partition coefficient (Wildman–Crippen LogP) is 4.31. The number of hydrogen-bond donors (Lipinski definition) is 2. The number of halogens is 1. The van der Waals surface area contributed by atoms with Crippen LogP contribution < -0.4 is 9.84 Å². The van der Waals surface area contributed by atoms with Crippen LogP contribution in [0.1, 0.15) is 45.4 Å². The van der Waals surface area contributed by atoms with Gasteiger partial charge in [-0.25, -0.2) is 4.57 Å². The maximum Gasteiger partial charge on any atom is 0.527 e. The molecule has 0 spiro atoms. The third kappa shape index (κ3) is 9.28. The van der Waals surface area contributed by atoms with Gasteiger partial charge < -0.3 is 9.84 Å². The summed E-state index contributed by atoms with van der Waals surface area (Å²) >= 11 is 5.84. The van der Waals surface area contributed by atoms with E-state index in [1.54, 1.807) is 12.1 Å². The molecule has 8 heteroatoms. The second-order valence-electron chi connectivity index (χ2n) is 5.34. The standard InChI is InChI=1S/C16H25ClNO5P/c1-2-3-4-5-6-11-16(19)18-12-13-22-24(20,21)23-15-10-8-7-9-14(15)17/h7-10H,2-6,11-13H2,1H3,(H,18,19)(H,20,21). The average molecular weight is 378 g/mol. The third-order valence-corrected chi connectivity index (χ3v) is 4.48. The molecule has 1 aromatic carbocycles. The fraction of sp³-hybridized carbons (Fsp3) is 0.562. The minimum absolute atomic E-state index is 0.0705. The van der Waals surface area contributed by atoms with E-state index in [9.17, 15) is 14.3 Å². The SMILES string of the molecule is CCCCCCCC(=O)NCCOP(=O)(O)Oc1ccccc1Cl. The van der Waals surface area contributed by atoms with Crippen LogP contribution in [0, 0.1) is 0 Å². The monoisotopic (exact) mass is 377 g/mol. The smallest absolute Gasteiger partial charge is 0.403 e. The van der Waals surface area contributed by atoms with Crippen LogP contribution in [0.25, 0.3) is 0 Å². The van der Waals surface area contributed by atoms with Gasteiger partial charge in [-0.15, -0.1) is 0 Å². The van der Waals surface area contributed by atoms with E-state index in [1.807, 2.05) is 0 Å². The Hall–Kier alpha value is -1.07. The lowest BCUT2D eigenvalue weighted by Gasteiger charge is -2.14. The molecule has 1 unspecified atom stereocenters. The van der Waals surface area contributed by atoms with Crippen molar-refractivity contribution in [3.63, 3.8) is 0 Å². The first-order valence-corrected chi connectivity index (χ1v) is 10.00. The third-order valence-electron chi connectivity index (χ3n) is 3.24. The Morgan fingerprint density at radius 2 is 1.96 bits per heavy atom. The Morgan fingerprint density at radius 3 is 2.67 bits per heavy atom. The van der Waals surface area contributed by atoms with Gasteiger partial charge >= 0.3 is 7.82 Å². The molecule has 0 heterocycles. The summed E-state index contributed by atoms with van der Waals surface area (Å²) in [5.41, 5.74) is 0. The average Bonchev–Trinajstić information content (AvgIpc) is 2.53. The van der Waals surface area contributed by atoms with Crippen molar-refractivity contribution in [1.82, 2.24) is 5.32 Å². The van der Waals surface area contributed by atoms with Crippen LogP contribution in [0.15, 0.2) is 24.3 Å². The molecule has 0 bridgehead atoms. The lowest BCUT2D eigenvalue weighted by Crippen LogP contribution is -2.26. The molecule has 0 aliphatic heterocycles. The van der Waals surface area contributed by atoms with E-state index in [-0.39, 0.29) is 29.8 Å². The normalized spacial score (nSPS) is 13.3. The topological polar surface area (TPSA) is 84.9 Å². The second-order valence-corrected chi connectivity index (χ2v) is 7.12. The van der Waals surface area contributed by atoms with E-state index in [0.717, 1.165) is 19.3 Å². The number of amides is 1. The van der Waals surface area contributed by atoms with Gasteiger partial charge in [-0.2, -0.15) is 0 Å². The molecule has 0 saturated heterocycles. The number of para-hydroxylation sites is 1. The molecule has 1 aromatic rings. The first kappa shape index (κ1) is 21.0. The van der Waals surface area contributed by atoms with Gasteiger partial charge in [0.2, 0.25) is 5.91 Å². The molecule has 0 saturated carbocycles. The predicted molar refractivity (Wildman–Crippen MR) is 94.2 cm³/mol. The molecule has 24 heavy (non-hydrogen) atoms. The first-order chi connectivity index (χ1) is 11.4. The molecule has 136 valence electrons. The molecule has 0 aliphatic rings. The maximum absolute atomic E-state index is 11.8. The highest BCUT2D eigenvalue weighted by Crippen LogP contribution is 2.45. The number of phosphoric acid groups is 1. The number of carbonyl (C=O) groups excluding carboxylic acids is 1. The van der Waals surface area contributed by atoms with E-state index in [1.165, 1.54) is 25.0 Å². The number of hydrogen-bond acceptors (Lipinski definition) is 4. The van der Waals surface area contributed by atoms with Crippen molar-refractivity contribution in [2.45, 2.75) is 45.4 Å². The van der Waals surface area contributed by atoms with Crippen LogP contribution in [0.5, 0.6) is 5.75 Å². The van der Waals surface area contributed by atoms with Gasteiger partial charge in [0.25, 0.3) is 0 Å². The molecule has 0 radical (unpaired) electrons. The Labute approximate surface area is 148 Å². The Morgan fingerprint density at radius 1 is 1.25 bits per heavy atom.